The average Bonchev–Trinajstić information content (AvgIpc) is 2.05. The second kappa shape index (κ2) is 3.97. The number of rotatable bonds is 2. The van der Waals surface area contributed by atoms with Gasteiger partial charge in [-0.15, -0.1) is 0 Å². The van der Waals surface area contributed by atoms with Gasteiger partial charge in [0.2, 0.25) is 0 Å². The van der Waals surface area contributed by atoms with Crippen LogP contribution in [0.3, 0.4) is 0 Å². The smallest absolute Gasteiger partial charge is 0.00669 e. The molecule has 0 aromatic rings. The summed E-state index contributed by atoms with van der Waals surface area (Å²) in [5.41, 5.74) is 0. The van der Waals surface area contributed by atoms with Crippen LogP contribution in [0.2, 0.25) is 0 Å². The summed E-state index contributed by atoms with van der Waals surface area (Å²) in [4.78, 5) is 2.55. The van der Waals surface area contributed by atoms with E-state index >= 15 is 0 Å². The first-order valence-corrected chi connectivity index (χ1v) is 4.38. The molecule has 0 aromatic carbocycles. The van der Waals surface area contributed by atoms with Gasteiger partial charge in [-0.1, -0.05) is 13.3 Å². The van der Waals surface area contributed by atoms with E-state index in [0.717, 1.165) is 6.42 Å². The Morgan fingerprint density at radius 3 is 2.40 bits per heavy atom. The molecule has 0 aliphatic carbocycles. The van der Waals surface area contributed by atoms with Crippen LogP contribution in [0.1, 0.15) is 32.6 Å². The molecule has 1 saturated heterocycles. The van der Waals surface area contributed by atoms with E-state index in [0.29, 0.717) is 6.04 Å². The zero-order valence-corrected chi connectivity index (χ0v) is 6.97. The maximum Gasteiger partial charge on any atom is 0.00669 e. The molecule has 0 spiro atoms. The highest BCUT2D eigenvalue weighted by Crippen LogP contribution is 2.12. The maximum atomic E-state index is 3.92. The lowest BCUT2D eigenvalue weighted by atomic mass is 10.1. The predicted octanol–water partition coefficient (Wildman–Crippen LogP) is 2.08. The van der Waals surface area contributed by atoms with E-state index in [4.69, 9.17) is 0 Å². The summed E-state index contributed by atoms with van der Waals surface area (Å²) in [5, 5.41) is 0. The zero-order chi connectivity index (χ0) is 7.40. The second-order valence-corrected chi connectivity index (χ2v) is 3.23. The van der Waals surface area contributed by atoms with E-state index in [1.165, 1.54) is 32.4 Å². The fourth-order valence-electron chi connectivity index (χ4n) is 1.54. The van der Waals surface area contributed by atoms with Gasteiger partial charge in [0.25, 0.3) is 0 Å². The Labute approximate surface area is 64.4 Å². The van der Waals surface area contributed by atoms with Gasteiger partial charge in [-0.3, -0.25) is 0 Å². The molecule has 1 aliphatic rings. The summed E-state index contributed by atoms with van der Waals surface area (Å²) in [7, 11) is 0. The normalized spacial score (nSPS) is 24.6. The Bertz CT molecular complexity index is 84.7. The quantitative estimate of drug-likeness (QED) is 0.567. The van der Waals surface area contributed by atoms with Crippen LogP contribution in [0.25, 0.3) is 0 Å². The van der Waals surface area contributed by atoms with E-state index in [-0.39, 0.29) is 0 Å². The van der Waals surface area contributed by atoms with Gasteiger partial charge in [0.1, 0.15) is 0 Å². The van der Waals surface area contributed by atoms with Gasteiger partial charge in [0.05, 0.1) is 0 Å². The summed E-state index contributed by atoms with van der Waals surface area (Å²) in [6.45, 7) is 8.80. The molecular weight excluding hydrogens is 122 g/mol. The SMILES string of the molecule is [CH2]CC(C)N1CCCCC1. The zero-order valence-electron chi connectivity index (χ0n) is 6.97. The van der Waals surface area contributed by atoms with E-state index in [2.05, 4.69) is 18.7 Å². The largest absolute Gasteiger partial charge is 0.301 e. The monoisotopic (exact) mass is 140 g/mol. The lowest BCUT2D eigenvalue weighted by molar-refractivity contribution is 0.174. The topological polar surface area (TPSA) is 3.24 Å². The average molecular weight is 140 g/mol. The van der Waals surface area contributed by atoms with Crippen molar-refractivity contribution in [1.29, 1.82) is 0 Å². The van der Waals surface area contributed by atoms with Crippen molar-refractivity contribution in [1.82, 2.24) is 4.90 Å². The molecule has 10 heavy (non-hydrogen) atoms. The van der Waals surface area contributed by atoms with Crippen molar-refractivity contribution >= 4 is 0 Å². The standard InChI is InChI=1S/C9H18N/c1-3-9(2)10-7-5-4-6-8-10/h9H,1,3-8H2,2H3. The highest BCUT2D eigenvalue weighted by Gasteiger charge is 2.13. The lowest BCUT2D eigenvalue weighted by Crippen LogP contribution is -2.36. The van der Waals surface area contributed by atoms with Gasteiger partial charge in [0, 0.05) is 6.04 Å². The van der Waals surface area contributed by atoms with Gasteiger partial charge in [-0.05, 0) is 39.3 Å². The minimum absolute atomic E-state index is 0.709. The Morgan fingerprint density at radius 2 is 1.90 bits per heavy atom. The van der Waals surface area contributed by atoms with Crippen molar-refractivity contribution in [2.45, 2.75) is 38.6 Å². The maximum absolute atomic E-state index is 3.92. The second-order valence-electron chi connectivity index (χ2n) is 3.23. The molecule has 0 bridgehead atoms. The third kappa shape index (κ3) is 1.98. The van der Waals surface area contributed by atoms with E-state index < -0.39 is 0 Å². The van der Waals surface area contributed by atoms with Crippen molar-refractivity contribution in [2.24, 2.45) is 0 Å². The van der Waals surface area contributed by atoms with Gasteiger partial charge in [0.15, 0.2) is 0 Å². The molecule has 0 amide bonds. The molecular formula is C9H18N. The fraction of sp³-hybridized carbons (Fsp3) is 0.889. The van der Waals surface area contributed by atoms with Crippen molar-refractivity contribution in [3.63, 3.8) is 0 Å². The number of hydrogen-bond acceptors (Lipinski definition) is 1. The molecule has 1 aliphatic heterocycles. The van der Waals surface area contributed by atoms with Crippen LogP contribution in [0.15, 0.2) is 0 Å². The summed E-state index contributed by atoms with van der Waals surface area (Å²) >= 11 is 0. The van der Waals surface area contributed by atoms with Crippen molar-refractivity contribution in [2.75, 3.05) is 13.1 Å². The molecule has 1 nitrogen and oxygen atoms in total. The van der Waals surface area contributed by atoms with E-state index in [1.54, 1.807) is 0 Å². The Hall–Kier alpha value is -0.0400. The van der Waals surface area contributed by atoms with Crippen molar-refractivity contribution < 1.29 is 0 Å². The van der Waals surface area contributed by atoms with Gasteiger partial charge >= 0.3 is 0 Å². The highest BCUT2D eigenvalue weighted by molar-refractivity contribution is 4.71. The van der Waals surface area contributed by atoms with Crippen LogP contribution in [-0.2, 0) is 0 Å². The number of piperidine rings is 1. The summed E-state index contributed by atoms with van der Waals surface area (Å²) in [5.74, 6) is 0. The number of hydrogen-bond donors (Lipinski definition) is 0. The lowest BCUT2D eigenvalue weighted by Gasteiger charge is -2.31. The number of nitrogens with zero attached hydrogens (tertiary/aromatic N) is 1. The van der Waals surface area contributed by atoms with Gasteiger partial charge < -0.3 is 4.90 Å². The Morgan fingerprint density at radius 1 is 1.30 bits per heavy atom. The molecule has 1 fully saturated rings. The molecule has 1 heterocycles. The van der Waals surface area contributed by atoms with Crippen molar-refractivity contribution in [3.05, 3.63) is 6.92 Å². The first kappa shape index (κ1) is 8.06. The van der Waals surface area contributed by atoms with Gasteiger partial charge in [-0.25, -0.2) is 0 Å². The third-order valence-corrected chi connectivity index (χ3v) is 2.43. The molecule has 1 radical (unpaired) electrons. The molecule has 1 unspecified atom stereocenters. The molecule has 59 valence electrons. The van der Waals surface area contributed by atoms with E-state index in [1.807, 2.05) is 0 Å². The first-order valence-electron chi connectivity index (χ1n) is 4.38. The van der Waals surface area contributed by atoms with Gasteiger partial charge in [-0.2, -0.15) is 0 Å². The van der Waals surface area contributed by atoms with Crippen molar-refractivity contribution in [3.8, 4) is 0 Å². The Balaban J connectivity index is 2.24. The molecule has 0 saturated carbocycles. The summed E-state index contributed by atoms with van der Waals surface area (Å²) in [6.07, 6.45) is 5.27. The highest BCUT2D eigenvalue weighted by atomic mass is 15.1. The predicted molar refractivity (Wildman–Crippen MR) is 44.9 cm³/mol. The number of likely N-dealkylation sites (tertiary alicyclic amines) is 1. The fourth-order valence-corrected chi connectivity index (χ4v) is 1.54. The minimum atomic E-state index is 0.709. The first-order chi connectivity index (χ1) is 4.84. The van der Waals surface area contributed by atoms with Crippen LogP contribution in [0, 0.1) is 6.92 Å². The molecule has 0 aromatic heterocycles. The Kier molecular flexibility index (Phi) is 3.20. The van der Waals surface area contributed by atoms with Crippen LogP contribution in [0.4, 0.5) is 0 Å². The van der Waals surface area contributed by atoms with Crippen LogP contribution in [-0.4, -0.2) is 24.0 Å². The van der Waals surface area contributed by atoms with E-state index in [9.17, 15) is 0 Å². The van der Waals surface area contributed by atoms with Crippen LogP contribution < -0.4 is 0 Å². The third-order valence-electron chi connectivity index (χ3n) is 2.43. The molecule has 1 heteroatoms. The molecule has 1 rings (SSSR count). The summed E-state index contributed by atoms with van der Waals surface area (Å²) in [6, 6.07) is 0.709. The van der Waals surface area contributed by atoms with Crippen LogP contribution >= 0.6 is 0 Å². The summed E-state index contributed by atoms with van der Waals surface area (Å²) < 4.78 is 0. The molecule has 1 atom stereocenters. The minimum Gasteiger partial charge on any atom is -0.301 e. The van der Waals surface area contributed by atoms with Crippen LogP contribution in [0.5, 0.6) is 0 Å². The molecule has 0 N–H and O–H groups in total.